The number of hydrogen-bond acceptors (Lipinski definition) is 2. The Bertz CT molecular complexity index is 393. The number of carbonyl (C=O) groups excluding carboxylic acids is 1. The van der Waals surface area contributed by atoms with E-state index < -0.39 is 17.6 Å². The van der Waals surface area contributed by atoms with Crippen molar-refractivity contribution in [2.75, 3.05) is 17.3 Å². The first-order chi connectivity index (χ1) is 7.95. The number of benzene rings is 1. The quantitative estimate of drug-likeness (QED) is 0.902. The SMILES string of the molecule is CSCCC(=O)Nc1ccccc1C(F)(F)F. The van der Waals surface area contributed by atoms with Gasteiger partial charge < -0.3 is 5.32 Å². The van der Waals surface area contributed by atoms with Gasteiger partial charge >= 0.3 is 6.18 Å². The van der Waals surface area contributed by atoms with E-state index in [4.69, 9.17) is 0 Å². The Labute approximate surface area is 102 Å². The van der Waals surface area contributed by atoms with Gasteiger partial charge in [0, 0.05) is 12.2 Å². The minimum atomic E-state index is -4.45. The predicted octanol–water partition coefficient (Wildman–Crippen LogP) is 3.40. The van der Waals surface area contributed by atoms with Gasteiger partial charge in [0.2, 0.25) is 5.91 Å². The highest BCUT2D eigenvalue weighted by Crippen LogP contribution is 2.34. The molecule has 6 heteroatoms. The molecule has 0 aromatic heterocycles. The summed E-state index contributed by atoms with van der Waals surface area (Å²) < 4.78 is 37.8. The third-order valence-electron chi connectivity index (χ3n) is 2.04. The predicted molar refractivity (Wildman–Crippen MR) is 63.1 cm³/mol. The average Bonchev–Trinajstić information content (AvgIpc) is 2.25. The third kappa shape index (κ3) is 4.30. The van der Waals surface area contributed by atoms with E-state index in [-0.39, 0.29) is 12.1 Å². The smallest absolute Gasteiger partial charge is 0.325 e. The summed E-state index contributed by atoms with van der Waals surface area (Å²) >= 11 is 1.47. The summed E-state index contributed by atoms with van der Waals surface area (Å²) in [5.41, 5.74) is -1.01. The standard InChI is InChI=1S/C11H12F3NOS/c1-17-7-6-10(16)15-9-5-3-2-4-8(9)11(12,13)14/h2-5H,6-7H2,1H3,(H,15,16). The highest BCUT2D eigenvalue weighted by molar-refractivity contribution is 7.98. The van der Waals surface area contributed by atoms with Gasteiger partial charge in [0.25, 0.3) is 0 Å². The summed E-state index contributed by atoms with van der Waals surface area (Å²) in [7, 11) is 0. The van der Waals surface area contributed by atoms with Gasteiger partial charge in [-0.2, -0.15) is 24.9 Å². The molecule has 0 radical (unpaired) electrons. The van der Waals surface area contributed by atoms with Gasteiger partial charge in [0.15, 0.2) is 0 Å². The zero-order valence-corrected chi connectivity index (χ0v) is 9.99. The van der Waals surface area contributed by atoms with Crippen molar-refractivity contribution in [3.8, 4) is 0 Å². The van der Waals surface area contributed by atoms with Gasteiger partial charge in [0.1, 0.15) is 0 Å². The van der Waals surface area contributed by atoms with Crippen molar-refractivity contribution in [2.45, 2.75) is 12.6 Å². The van der Waals surface area contributed by atoms with Crippen LogP contribution in [0.1, 0.15) is 12.0 Å². The van der Waals surface area contributed by atoms with Crippen molar-refractivity contribution in [1.82, 2.24) is 0 Å². The lowest BCUT2D eigenvalue weighted by Gasteiger charge is -2.13. The van der Waals surface area contributed by atoms with Crippen LogP contribution < -0.4 is 5.32 Å². The number of anilines is 1. The van der Waals surface area contributed by atoms with Crippen LogP contribution in [0, 0.1) is 0 Å². The lowest BCUT2D eigenvalue weighted by molar-refractivity contribution is -0.137. The molecule has 0 aliphatic heterocycles. The molecule has 0 unspecified atom stereocenters. The number of halogens is 3. The molecule has 0 saturated heterocycles. The molecule has 0 heterocycles. The summed E-state index contributed by atoms with van der Waals surface area (Å²) in [4.78, 5) is 11.4. The fraction of sp³-hybridized carbons (Fsp3) is 0.364. The van der Waals surface area contributed by atoms with Crippen LogP contribution in [0.5, 0.6) is 0 Å². The van der Waals surface area contributed by atoms with E-state index in [2.05, 4.69) is 5.32 Å². The molecule has 1 rings (SSSR count). The van der Waals surface area contributed by atoms with Crippen LogP contribution in [-0.2, 0) is 11.0 Å². The summed E-state index contributed by atoms with van der Waals surface area (Å²) in [5, 5.41) is 2.28. The molecule has 0 saturated carbocycles. The van der Waals surface area contributed by atoms with E-state index in [0.717, 1.165) is 6.07 Å². The van der Waals surface area contributed by atoms with Crippen molar-refractivity contribution in [1.29, 1.82) is 0 Å². The third-order valence-corrected chi connectivity index (χ3v) is 2.65. The monoisotopic (exact) mass is 263 g/mol. The molecule has 0 spiro atoms. The van der Waals surface area contributed by atoms with Crippen LogP contribution in [0.3, 0.4) is 0 Å². The highest BCUT2D eigenvalue weighted by atomic mass is 32.2. The molecule has 0 aliphatic carbocycles. The topological polar surface area (TPSA) is 29.1 Å². The Hall–Kier alpha value is -1.17. The Morgan fingerprint density at radius 3 is 2.59 bits per heavy atom. The van der Waals surface area contributed by atoms with Gasteiger partial charge in [-0.15, -0.1) is 0 Å². The molecule has 0 aliphatic rings. The van der Waals surface area contributed by atoms with Gasteiger partial charge in [-0.05, 0) is 18.4 Å². The van der Waals surface area contributed by atoms with E-state index >= 15 is 0 Å². The number of carbonyl (C=O) groups is 1. The van der Waals surface area contributed by atoms with E-state index in [1.54, 1.807) is 0 Å². The van der Waals surface area contributed by atoms with E-state index in [1.165, 1.54) is 30.0 Å². The molecular formula is C11H12F3NOS. The normalized spacial score (nSPS) is 11.3. The molecule has 2 nitrogen and oxygen atoms in total. The van der Waals surface area contributed by atoms with E-state index in [0.29, 0.717) is 5.75 Å². The van der Waals surface area contributed by atoms with Crippen molar-refractivity contribution in [2.24, 2.45) is 0 Å². The Morgan fingerprint density at radius 2 is 2.00 bits per heavy atom. The van der Waals surface area contributed by atoms with Crippen LogP contribution in [0.25, 0.3) is 0 Å². The molecule has 0 atom stereocenters. The molecule has 1 aromatic rings. The second kappa shape index (κ2) is 5.95. The van der Waals surface area contributed by atoms with Gasteiger partial charge in [-0.25, -0.2) is 0 Å². The molecule has 94 valence electrons. The number of para-hydroxylation sites is 1. The maximum absolute atomic E-state index is 12.6. The maximum atomic E-state index is 12.6. The molecule has 17 heavy (non-hydrogen) atoms. The zero-order valence-electron chi connectivity index (χ0n) is 9.17. The van der Waals surface area contributed by atoms with E-state index in [9.17, 15) is 18.0 Å². The van der Waals surface area contributed by atoms with Crippen molar-refractivity contribution in [3.05, 3.63) is 29.8 Å². The number of thioether (sulfide) groups is 1. The number of nitrogens with one attached hydrogen (secondary N) is 1. The van der Waals surface area contributed by atoms with Crippen molar-refractivity contribution in [3.63, 3.8) is 0 Å². The average molecular weight is 263 g/mol. The summed E-state index contributed by atoms with van der Waals surface area (Å²) in [6.45, 7) is 0. The molecule has 1 amide bonds. The molecule has 0 bridgehead atoms. The minimum Gasteiger partial charge on any atom is -0.325 e. The molecule has 1 N–H and O–H groups in total. The fourth-order valence-electron chi connectivity index (χ4n) is 1.25. The first kappa shape index (κ1) is 13.9. The van der Waals surface area contributed by atoms with Crippen LogP contribution in [0.4, 0.5) is 18.9 Å². The number of amides is 1. The summed E-state index contributed by atoms with van der Waals surface area (Å²) in [5.74, 6) is 0.177. The second-order valence-corrected chi connectivity index (χ2v) is 4.32. The van der Waals surface area contributed by atoms with Crippen LogP contribution >= 0.6 is 11.8 Å². The molecule has 0 fully saturated rings. The van der Waals surface area contributed by atoms with Crippen LogP contribution in [-0.4, -0.2) is 17.9 Å². The van der Waals surface area contributed by atoms with Gasteiger partial charge in [-0.1, -0.05) is 12.1 Å². The molecular weight excluding hydrogens is 251 g/mol. The highest BCUT2D eigenvalue weighted by Gasteiger charge is 2.33. The van der Waals surface area contributed by atoms with Crippen LogP contribution in [0.2, 0.25) is 0 Å². The van der Waals surface area contributed by atoms with Crippen molar-refractivity contribution >= 4 is 23.4 Å². The lowest BCUT2D eigenvalue weighted by Crippen LogP contribution is -2.16. The minimum absolute atomic E-state index is 0.189. The van der Waals surface area contributed by atoms with Gasteiger partial charge in [-0.3, -0.25) is 4.79 Å². The number of alkyl halides is 3. The van der Waals surface area contributed by atoms with Crippen LogP contribution in [0.15, 0.2) is 24.3 Å². The Balaban J connectivity index is 2.81. The largest absolute Gasteiger partial charge is 0.418 e. The Morgan fingerprint density at radius 1 is 1.35 bits per heavy atom. The summed E-state index contributed by atoms with van der Waals surface area (Å²) in [6.07, 6.45) is -2.42. The fourth-order valence-corrected chi connectivity index (χ4v) is 1.64. The Kier molecular flexibility index (Phi) is 4.86. The molecule has 1 aromatic carbocycles. The first-order valence-electron chi connectivity index (χ1n) is 4.90. The number of hydrogen-bond donors (Lipinski definition) is 1. The zero-order chi connectivity index (χ0) is 12.9. The van der Waals surface area contributed by atoms with Gasteiger partial charge in [0.05, 0.1) is 11.3 Å². The second-order valence-electron chi connectivity index (χ2n) is 3.33. The van der Waals surface area contributed by atoms with E-state index in [1.807, 2.05) is 6.26 Å². The first-order valence-corrected chi connectivity index (χ1v) is 6.29. The maximum Gasteiger partial charge on any atom is 0.418 e. The van der Waals surface area contributed by atoms with Crippen molar-refractivity contribution < 1.29 is 18.0 Å². The number of rotatable bonds is 4. The lowest BCUT2D eigenvalue weighted by atomic mass is 10.1. The summed E-state index contributed by atoms with van der Waals surface area (Å²) in [6, 6.07) is 4.95.